The molecule has 2 heterocycles. The summed E-state index contributed by atoms with van der Waals surface area (Å²) in [5.74, 6) is -1.64. The Morgan fingerprint density at radius 2 is 1.59 bits per heavy atom. The smallest absolute Gasteiger partial charge is 0.402 e. The molecule has 1 aliphatic heterocycles. The average Bonchev–Trinajstić information content (AvgIpc) is 2.76. The van der Waals surface area contributed by atoms with Gasteiger partial charge < -0.3 is 50.3 Å². The summed E-state index contributed by atoms with van der Waals surface area (Å²) < 4.78 is 16.8. The fourth-order valence-corrected chi connectivity index (χ4v) is 3.43. The lowest BCUT2D eigenvalue weighted by Crippen LogP contribution is -2.60. The number of rotatable bonds is 4. The van der Waals surface area contributed by atoms with Crippen LogP contribution in [0.3, 0.4) is 0 Å². The summed E-state index contributed by atoms with van der Waals surface area (Å²) in [6.45, 7) is -0.661. The van der Waals surface area contributed by atoms with Crippen LogP contribution in [-0.2, 0) is 4.74 Å². The zero-order chi connectivity index (χ0) is 23.2. The minimum absolute atomic E-state index is 0.0465. The van der Waals surface area contributed by atoms with E-state index >= 15 is 0 Å². The summed E-state index contributed by atoms with van der Waals surface area (Å²) in [6.07, 6.45) is -7.76. The van der Waals surface area contributed by atoms with Crippen LogP contribution >= 0.6 is 0 Å². The summed E-state index contributed by atoms with van der Waals surface area (Å²) in [5, 5.41) is 79.2. The zero-order valence-electron chi connectivity index (χ0n) is 16.4. The van der Waals surface area contributed by atoms with Crippen LogP contribution in [0, 0.1) is 0 Å². The summed E-state index contributed by atoms with van der Waals surface area (Å²) in [4.78, 5) is 0. The van der Waals surface area contributed by atoms with E-state index < -0.39 is 43.1 Å². The van der Waals surface area contributed by atoms with Gasteiger partial charge in [-0.1, -0.05) is 0 Å². The lowest BCUT2D eigenvalue weighted by atomic mass is 9.99. The van der Waals surface area contributed by atoms with E-state index in [4.69, 9.17) is 13.9 Å². The molecule has 170 valence electrons. The predicted molar refractivity (Wildman–Crippen MR) is 107 cm³/mol. The molecule has 0 aliphatic carbocycles. The third-order valence-corrected chi connectivity index (χ3v) is 5.15. The highest BCUT2D eigenvalue weighted by Crippen LogP contribution is 2.42. The molecule has 4 rings (SSSR count). The maximum Gasteiger partial charge on any atom is 0.402 e. The number of hydrogen-bond donors (Lipinski definition) is 8. The van der Waals surface area contributed by atoms with Crippen LogP contribution < -0.4 is 4.74 Å². The Labute approximate surface area is 180 Å². The van der Waals surface area contributed by atoms with Gasteiger partial charge in [-0.15, -0.1) is 0 Å². The highest BCUT2D eigenvalue weighted by atomic mass is 16.7. The van der Waals surface area contributed by atoms with Gasteiger partial charge in [-0.2, -0.15) is 0 Å². The Morgan fingerprint density at radius 1 is 0.844 bits per heavy atom. The van der Waals surface area contributed by atoms with Crippen LogP contribution in [0.4, 0.5) is 0 Å². The van der Waals surface area contributed by atoms with Gasteiger partial charge in [-0.05, 0) is 12.1 Å². The van der Waals surface area contributed by atoms with Gasteiger partial charge in [0, 0.05) is 18.2 Å². The van der Waals surface area contributed by atoms with Crippen LogP contribution in [0.2, 0.25) is 0 Å². The first-order valence-electron chi connectivity index (χ1n) is 9.52. The van der Waals surface area contributed by atoms with Crippen molar-refractivity contribution < 1.29 is 54.7 Å². The van der Waals surface area contributed by atoms with Crippen molar-refractivity contribution >= 4 is 11.0 Å². The van der Waals surface area contributed by atoms with Gasteiger partial charge in [0.15, 0.2) is 11.5 Å². The molecular formula is C21H21O11+. The van der Waals surface area contributed by atoms with Gasteiger partial charge >= 0.3 is 11.3 Å². The van der Waals surface area contributed by atoms with E-state index in [-0.39, 0.29) is 45.3 Å². The van der Waals surface area contributed by atoms with Crippen molar-refractivity contribution in [3.63, 3.8) is 0 Å². The zero-order valence-corrected chi connectivity index (χ0v) is 16.4. The molecule has 1 aromatic heterocycles. The second-order valence-corrected chi connectivity index (χ2v) is 7.34. The molecule has 1 fully saturated rings. The lowest BCUT2D eigenvalue weighted by molar-refractivity contribution is -0.277. The van der Waals surface area contributed by atoms with E-state index in [1.165, 1.54) is 30.3 Å². The third kappa shape index (κ3) is 3.83. The molecule has 8 N–H and O–H groups in total. The molecule has 0 saturated carbocycles. The highest BCUT2D eigenvalue weighted by Gasteiger charge is 2.45. The van der Waals surface area contributed by atoms with Gasteiger partial charge in [0.1, 0.15) is 41.3 Å². The van der Waals surface area contributed by atoms with Crippen molar-refractivity contribution in [3.05, 3.63) is 36.4 Å². The van der Waals surface area contributed by atoms with Crippen LogP contribution in [0.1, 0.15) is 0 Å². The largest absolute Gasteiger partial charge is 0.507 e. The minimum Gasteiger partial charge on any atom is -0.507 e. The Bertz CT molecular complexity index is 1150. The molecule has 11 nitrogen and oxygen atoms in total. The number of hydrogen-bond acceptors (Lipinski definition) is 10. The third-order valence-electron chi connectivity index (χ3n) is 5.15. The molecule has 0 amide bonds. The molecule has 1 aliphatic rings. The van der Waals surface area contributed by atoms with Gasteiger partial charge in [-0.3, -0.25) is 0 Å². The fraction of sp³-hybridized carbons (Fsp3) is 0.286. The maximum absolute atomic E-state index is 10.3. The average molecular weight is 449 g/mol. The summed E-state index contributed by atoms with van der Waals surface area (Å²) in [6, 6.07) is 7.37. The van der Waals surface area contributed by atoms with Gasteiger partial charge in [0.25, 0.3) is 0 Å². The number of phenols is 4. The molecule has 11 heteroatoms. The van der Waals surface area contributed by atoms with Crippen LogP contribution in [0.5, 0.6) is 28.7 Å². The van der Waals surface area contributed by atoms with E-state index in [1.54, 1.807) is 0 Å². The van der Waals surface area contributed by atoms with Gasteiger partial charge in [-0.25, -0.2) is 4.42 Å². The number of fused-ring (bicyclic) bond motifs is 1. The van der Waals surface area contributed by atoms with E-state index in [1.807, 2.05) is 0 Å². The highest BCUT2D eigenvalue weighted by molar-refractivity contribution is 5.88. The van der Waals surface area contributed by atoms with Crippen molar-refractivity contribution in [2.45, 2.75) is 30.7 Å². The topological polar surface area (TPSA) is 192 Å². The lowest BCUT2D eigenvalue weighted by Gasteiger charge is -2.39. The normalized spacial score (nSPS) is 25.7. The Hall–Kier alpha value is -3.35. The Morgan fingerprint density at radius 3 is 2.28 bits per heavy atom. The van der Waals surface area contributed by atoms with E-state index in [2.05, 4.69) is 0 Å². The first-order chi connectivity index (χ1) is 15.2. The standard InChI is InChI=1S/C21H20O11/c22-7-16-17(27)18(28)19(29)21(32-16)31-15-6-10-12(25)4-9(23)5-14(10)30-20(15)8-1-2-11(24)13(26)3-8/h1-6,16-19,21-22,27-29H,7H2,(H3-,23,24,25,26)/p+1/t16-,17-,18+,19+,21+/m1/s1. The maximum atomic E-state index is 10.3. The minimum atomic E-state index is -1.71. The van der Waals surface area contributed by atoms with Crippen molar-refractivity contribution in [2.24, 2.45) is 0 Å². The number of aliphatic hydroxyl groups is 4. The molecule has 0 unspecified atom stereocenters. The first kappa shape index (κ1) is 21.9. The molecule has 5 atom stereocenters. The second kappa shape index (κ2) is 8.30. The SMILES string of the molecule is OC[C@H]1O[C@H](Oc2cc3c(O)cc(O)cc3[o+]c2-c2ccc(O)c(O)c2)[C@@H](O)[C@@H](O)[C@@H]1O. The van der Waals surface area contributed by atoms with Gasteiger partial charge in [0.2, 0.25) is 12.0 Å². The monoisotopic (exact) mass is 449 g/mol. The number of ether oxygens (including phenoxy) is 2. The molecule has 0 radical (unpaired) electrons. The number of phenolic OH excluding ortho intramolecular Hbond substituents is 4. The van der Waals surface area contributed by atoms with E-state index in [0.29, 0.717) is 0 Å². The molecule has 3 aromatic rings. The van der Waals surface area contributed by atoms with Crippen molar-refractivity contribution in [3.8, 4) is 40.1 Å². The quantitative estimate of drug-likeness (QED) is 0.203. The summed E-state index contributed by atoms with van der Waals surface area (Å²) >= 11 is 0. The van der Waals surface area contributed by atoms with Crippen LogP contribution in [0.15, 0.2) is 40.8 Å². The summed E-state index contributed by atoms with van der Waals surface area (Å²) in [7, 11) is 0. The van der Waals surface area contributed by atoms with E-state index in [9.17, 15) is 40.9 Å². The molecule has 2 aromatic carbocycles. The van der Waals surface area contributed by atoms with Crippen LogP contribution in [-0.4, -0.2) is 78.2 Å². The van der Waals surface area contributed by atoms with Crippen molar-refractivity contribution in [1.82, 2.24) is 0 Å². The molecule has 0 bridgehead atoms. The first-order valence-corrected chi connectivity index (χ1v) is 9.52. The predicted octanol–water partition coefficient (Wildman–Crippen LogP) is 0.382. The summed E-state index contributed by atoms with van der Waals surface area (Å²) in [5.41, 5.74) is 0.260. The number of aliphatic hydroxyl groups excluding tert-OH is 4. The molecule has 32 heavy (non-hydrogen) atoms. The fourth-order valence-electron chi connectivity index (χ4n) is 3.43. The Balaban J connectivity index is 1.84. The van der Waals surface area contributed by atoms with Gasteiger partial charge in [0.05, 0.1) is 18.2 Å². The second-order valence-electron chi connectivity index (χ2n) is 7.34. The Kier molecular flexibility index (Phi) is 5.67. The van der Waals surface area contributed by atoms with Crippen molar-refractivity contribution in [2.75, 3.05) is 6.61 Å². The molecule has 0 spiro atoms. The van der Waals surface area contributed by atoms with E-state index in [0.717, 1.165) is 6.07 Å². The number of aromatic hydroxyl groups is 4. The van der Waals surface area contributed by atoms with Crippen LogP contribution in [0.25, 0.3) is 22.3 Å². The number of benzene rings is 2. The molecule has 1 saturated heterocycles. The molecular weight excluding hydrogens is 428 g/mol. The van der Waals surface area contributed by atoms with Crippen molar-refractivity contribution in [1.29, 1.82) is 0 Å².